The maximum absolute atomic E-state index is 14.3. The van der Waals surface area contributed by atoms with Crippen LogP contribution in [-0.4, -0.2) is 16.2 Å². The molecule has 1 aromatic heterocycles. The van der Waals surface area contributed by atoms with Crippen molar-refractivity contribution in [1.29, 1.82) is 0 Å². The summed E-state index contributed by atoms with van der Waals surface area (Å²) in [4.78, 5) is 4.31. The Morgan fingerprint density at radius 3 is 2.85 bits per heavy atom. The first kappa shape index (κ1) is 17.6. The van der Waals surface area contributed by atoms with E-state index in [0.29, 0.717) is 27.8 Å². The number of halogens is 5. The fourth-order valence-corrected chi connectivity index (χ4v) is 4.28. The third-order valence-corrected chi connectivity index (χ3v) is 5.33. The highest BCUT2D eigenvalue weighted by atomic mass is 79.9. The fourth-order valence-electron chi connectivity index (χ4n) is 3.47. The largest absolute Gasteiger partial charge is 0.434 e. The molecule has 0 unspecified atom stereocenters. The predicted molar refractivity (Wildman–Crippen MR) is 95.2 cm³/mol. The van der Waals surface area contributed by atoms with Crippen molar-refractivity contribution in [3.8, 4) is 5.75 Å². The first-order valence-corrected chi connectivity index (χ1v) is 8.89. The summed E-state index contributed by atoms with van der Waals surface area (Å²) in [5, 5.41) is 0.216. The van der Waals surface area contributed by atoms with Crippen LogP contribution in [0, 0.1) is 5.82 Å². The lowest BCUT2D eigenvalue weighted by molar-refractivity contribution is -0.0507. The van der Waals surface area contributed by atoms with E-state index in [9.17, 15) is 13.2 Å². The SMILES string of the molecule is N[C@@H]1C[C@H](c2c(Br)cccc2OC(F)F)n2c1nc1c(F)cc(Cl)cc12. The highest BCUT2D eigenvalue weighted by Crippen LogP contribution is 2.46. The maximum atomic E-state index is 14.3. The van der Waals surface area contributed by atoms with Gasteiger partial charge in [0.2, 0.25) is 0 Å². The summed E-state index contributed by atoms with van der Waals surface area (Å²) >= 11 is 9.40. The molecule has 2 heterocycles. The van der Waals surface area contributed by atoms with Crippen molar-refractivity contribution < 1.29 is 17.9 Å². The van der Waals surface area contributed by atoms with Crippen LogP contribution in [0.15, 0.2) is 34.8 Å². The number of nitrogens with zero attached hydrogens (tertiary/aromatic N) is 2. The average Bonchev–Trinajstić information content (AvgIpc) is 3.06. The van der Waals surface area contributed by atoms with Crippen molar-refractivity contribution in [2.75, 3.05) is 0 Å². The molecule has 0 amide bonds. The van der Waals surface area contributed by atoms with Crippen LogP contribution < -0.4 is 10.5 Å². The molecule has 1 aliphatic rings. The number of hydrogen-bond acceptors (Lipinski definition) is 3. The second kappa shape index (κ2) is 6.44. The van der Waals surface area contributed by atoms with Crippen LogP contribution in [0.1, 0.15) is 29.9 Å². The molecule has 2 atom stereocenters. The Bertz CT molecular complexity index is 1010. The molecule has 9 heteroatoms. The molecule has 0 spiro atoms. The van der Waals surface area contributed by atoms with Gasteiger partial charge in [0.25, 0.3) is 0 Å². The zero-order chi connectivity index (χ0) is 18.6. The summed E-state index contributed by atoms with van der Waals surface area (Å²) in [6.45, 7) is -2.97. The fraction of sp³-hybridized carbons (Fsp3) is 0.235. The third-order valence-electron chi connectivity index (χ3n) is 4.42. The van der Waals surface area contributed by atoms with E-state index < -0.39 is 24.5 Å². The van der Waals surface area contributed by atoms with Gasteiger partial charge in [-0.15, -0.1) is 0 Å². The summed E-state index contributed by atoms with van der Waals surface area (Å²) in [7, 11) is 0. The Balaban J connectivity index is 1.96. The molecule has 2 N–H and O–H groups in total. The van der Waals surface area contributed by atoms with E-state index >= 15 is 0 Å². The van der Waals surface area contributed by atoms with Gasteiger partial charge in [0.15, 0.2) is 5.82 Å². The molecule has 0 bridgehead atoms. The van der Waals surface area contributed by atoms with Crippen LogP contribution in [-0.2, 0) is 0 Å². The van der Waals surface area contributed by atoms with Crippen LogP contribution in [0.2, 0.25) is 5.02 Å². The van der Waals surface area contributed by atoms with E-state index in [-0.39, 0.29) is 16.3 Å². The molecule has 26 heavy (non-hydrogen) atoms. The van der Waals surface area contributed by atoms with E-state index in [0.717, 1.165) is 0 Å². The van der Waals surface area contributed by atoms with Crippen LogP contribution in [0.4, 0.5) is 13.2 Å². The van der Waals surface area contributed by atoms with Crippen molar-refractivity contribution in [1.82, 2.24) is 9.55 Å². The minimum absolute atomic E-state index is 0.0313. The van der Waals surface area contributed by atoms with Gasteiger partial charge in [-0.25, -0.2) is 9.37 Å². The lowest BCUT2D eigenvalue weighted by atomic mass is 10.0. The molecule has 0 aliphatic carbocycles. The van der Waals surface area contributed by atoms with E-state index in [4.69, 9.17) is 17.3 Å². The van der Waals surface area contributed by atoms with Gasteiger partial charge in [0, 0.05) is 15.1 Å². The average molecular weight is 447 g/mol. The molecule has 1 aliphatic heterocycles. The van der Waals surface area contributed by atoms with Crippen molar-refractivity contribution in [3.05, 3.63) is 57.0 Å². The molecule has 0 radical (unpaired) electrons. The zero-order valence-electron chi connectivity index (χ0n) is 13.1. The van der Waals surface area contributed by atoms with E-state index in [1.807, 2.05) is 0 Å². The van der Waals surface area contributed by atoms with Gasteiger partial charge < -0.3 is 15.0 Å². The third kappa shape index (κ3) is 2.76. The number of fused-ring (bicyclic) bond motifs is 3. The second-order valence-electron chi connectivity index (χ2n) is 5.98. The van der Waals surface area contributed by atoms with Crippen molar-refractivity contribution in [2.45, 2.75) is 25.1 Å². The van der Waals surface area contributed by atoms with Crippen LogP contribution >= 0.6 is 27.5 Å². The smallest absolute Gasteiger partial charge is 0.387 e. The van der Waals surface area contributed by atoms with Crippen LogP contribution in [0.3, 0.4) is 0 Å². The minimum Gasteiger partial charge on any atom is -0.434 e. The molecule has 3 aromatic rings. The molecule has 0 fully saturated rings. The van der Waals surface area contributed by atoms with Crippen LogP contribution in [0.25, 0.3) is 11.0 Å². The number of benzene rings is 2. The van der Waals surface area contributed by atoms with E-state index in [1.54, 1.807) is 22.8 Å². The Morgan fingerprint density at radius 2 is 2.12 bits per heavy atom. The summed E-state index contributed by atoms with van der Waals surface area (Å²) in [5.74, 6) is -0.0507. The van der Waals surface area contributed by atoms with Gasteiger partial charge in [-0.1, -0.05) is 33.6 Å². The van der Waals surface area contributed by atoms with Gasteiger partial charge in [-0.2, -0.15) is 8.78 Å². The van der Waals surface area contributed by atoms with Crippen molar-refractivity contribution >= 4 is 38.6 Å². The molecular weight excluding hydrogens is 435 g/mol. The lowest BCUT2D eigenvalue weighted by Gasteiger charge is -2.20. The summed E-state index contributed by atoms with van der Waals surface area (Å²) in [6, 6.07) is 6.63. The molecular formula is C17H12BrClF3N3O. The highest BCUT2D eigenvalue weighted by Gasteiger charge is 2.36. The van der Waals surface area contributed by atoms with Gasteiger partial charge >= 0.3 is 6.61 Å². The standard InChI is InChI=1S/C17H12BrClF3N3O/c18-8-2-1-3-13(26-17(21)22)14(8)11-6-10(23)16-24-15-9(20)4-7(19)5-12(15)25(11)16/h1-5,10-11,17H,6,23H2/t10-,11-/m1/s1. The molecule has 2 aromatic carbocycles. The monoisotopic (exact) mass is 445 g/mol. The van der Waals surface area contributed by atoms with E-state index in [2.05, 4.69) is 25.7 Å². The number of hydrogen-bond donors (Lipinski definition) is 1. The van der Waals surface area contributed by atoms with Gasteiger partial charge in [0.05, 0.1) is 17.6 Å². The summed E-state index contributed by atoms with van der Waals surface area (Å²) < 4.78 is 47.0. The normalized spacial score (nSPS) is 19.3. The van der Waals surface area contributed by atoms with Crippen LogP contribution in [0.5, 0.6) is 5.75 Å². The Morgan fingerprint density at radius 1 is 1.35 bits per heavy atom. The quantitative estimate of drug-likeness (QED) is 0.603. The Labute approximate surface area is 159 Å². The van der Waals surface area contributed by atoms with E-state index in [1.165, 1.54) is 12.1 Å². The maximum Gasteiger partial charge on any atom is 0.387 e. The molecule has 4 rings (SSSR count). The number of alkyl halides is 2. The first-order chi connectivity index (χ1) is 12.4. The van der Waals surface area contributed by atoms with Crippen molar-refractivity contribution in [3.63, 3.8) is 0 Å². The van der Waals surface area contributed by atoms with Gasteiger partial charge in [-0.3, -0.25) is 0 Å². The predicted octanol–water partition coefficient (Wildman–Crippen LogP) is 5.19. The van der Waals surface area contributed by atoms with Gasteiger partial charge in [-0.05, 0) is 30.7 Å². The number of imidazole rings is 1. The second-order valence-corrected chi connectivity index (χ2v) is 7.27. The number of rotatable bonds is 3. The number of ether oxygens (including phenoxy) is 1. The van der Waals surface area contributed by atoms with Gasteiger partial charge in [0.1, 0.15) is 17.1 Å². The summed E-state index contributed by atoms with van der Waals surface area (Å²) in [5.41, 5.74) is 7.29. The zero-order valence-corrected chi connectivity index (χ0v) is 15.4. The first-order valence-electron chi connectivity index (χ1n) is 7.72. The molecule has 4 nitrogen and oxygen atoms in total. The Hall–Kier alpha value is -1.77. The molecule has 136 valence electrons. The molecule has 0 saturated carbocycles. The topological polar surface area (TPSA) is 53.1 Å². The lowest BCUT2D eigenvalue weighted by Crippen LogP contribution is -2.12. The van der Waals surface area contributed by atoms with Crippen molar-refractivity contribution in [2.24, 2.45) is 5.73 Å². The summed E-state index contributed by atoms with van der Waals surface area (Å²) in [6.07, 6.45) is 0.411. The Kier molecular flexibility index (Phi) is 4.37. The number of aromatic nitrogens is 2. The molecule has 0 saturated heterocycles. The minimum atomic E-state index is -2.97. The number of nitrogens with two attached hydrogens (primary N) is 1. The highest BCUT2D eigenvalue weighted by molar-refractivity contribution is 9.10.